The average Bonchev–Trinajstić information content (AvgIpc) is 3.21. The third-order valence-electron chi connectivity index (χ3n) is 6.68. The normalized spacial score (nSPS) is 19.0. The third kappa shape index (κ3) is 7.84. The summed E-state index contributed by atoms with van der Waals surface area (Å²) in [5.41, 5.74) is 1.39. The number of nitrogens with zero attached hydrogens (tertiary/aromatic N) is 3. The highest BCUT2D eigenvalue weighted by atomic mass is 32.1. The van der Waals surface area contributed by atoms with E-state index in [2.05, 4.69) is 35.7 Å². The maximum Gasteiger partial charge on any atom is 0.310 e. The van der Waals surface area contributed by atoms with Crippen LogP contribution in [-0.4, -0.2) is 51.7 Å². The lowest BCUT2D eigenvalue weighted by molar-refractivity contribution is -0.971. The van der Waals surface area contributed by atoms with Crippen molar-refractivity contribution >= 4 is 23.3 Å². The summed E-state index contributed by atoms with van der Waals surface area (Å²) >= 11 is 1.20. The molecule has 1 aromatic heterocycles. The molecule has 0 amide bonds. The molecule has 1 aliphatic heterocycles. The van der Waals surface area contributed by atoms with E-state index in [4.69, 9.17) is 9.47 Å². The third-order valence-corrected chi connectivity index (χ3v) is 7.19. The van der Waals surface area contributed by atoms with Crippen molar-refractivity contribution in [1.29, 1.82) is 0 Å². The molecule has 0 saturated carbocycles. The Morgan fingerprint density at radius 1 is 1.06 bits per heavy atom. The van der Waals surface area contributed by atoms with Crippen LogP contribution in [0.25, 0.3) is 5.57 Å². The summed E-state index contributed by atoms with van der Waals surface area (Å²) in [6.07, 6.45) is 14.0. The van der Waals surface area contributed by atoms with Gasteiger partial charge in [-0.25, -0.2) is 0 Å². The second-order valence-electron chi connectivity index (χ2n) is 9.71. The number of esters is 1. The summed E-state index contributed by atoms with van der Waals surface area (Å²) in [6, 6.07) is 0. The van der Waals surface area contributed by atoms with Gasteiger partial charge in [0, 0.05) is 32.3 Å². The first-order chi connectivity index (χ1) is 15.3. The molecule has 182 valence electrons. The van der Waals surface area contributed by atoms with Gasteiger partial charge in [0.25, 0.3) is 5.88 Å². The van der Waals surface area contributed by atoms with E-state index in [1.54, 1.807) is 0 Å². The number of likely N-dealkylation sites (N-methyl/N-ethyl adjacent to an activating group) is 1. The van der Waals surface area contributed by atoms with Gasteiger partial charge in [0.1, 0.15) is 12.2 Å². The van der Waals surface area contributed by atoms with E-state index >= 15 is 0 Å². The summed E-state index contributed by atoms with van der Waals surface area (Å²) in [5, 5.41) is 0. The summed E-state index contributed by atoms with van der Waals surface area (Å²) in [7, 11) is 2.17. The molecule has 6 nitrogen and oxygen atoms in total. The van der Waals surface area contributed by atoms with Crippen molar-refractivity contribution in [3.63, 3.8) is 0 Å². The molecule has 32 heavy (non-hydrogen) atoms. The fraction of sp³-hybridized carbons (Fsp3) is 0.800. The summed E-state index contributed by atoms with van der Waals surface area (Å²) in [6.45, 7) is 10.8. The van der Waals surface area contributed by atoms with Gasteiger partial charge in [-0.05, 0) is 12.8 Å². The van der Waals surface area contributed by atoms with Crippen molar-refractivity contribution in [3.8, 4) is 5.88 Å². The molecule has 0 bridgehead atoms. The van der Waals surface area contributed by atoms with Crippen LogP contribution >= 0.6 is 11.7 Å². The van der Waals surface area contributed by atoms with Crippen LogP contribution in [0.15, 0.2) is 6.08 Å². The van der Waals surface area contributed by atoms with Crippen molar-refractivity contribution in [3.05, 3.63) is 11.8 Å². The molecular formula is C25H44N3O3S+. The van der Waals surface area contributed by atoms with Crippen molar-refractivity contribution in [2.24, 2.45) is 0 Å². The van der Waals surface area contributed by atoms with Crippen molar-refractivity contribution < 1.29 is 18.8 Å². The lowest BCUT2D eigenvalue weighted by atomic mass is 10.0. The number of hydrogen-bond acceptors (Lipinski definition) is 6. The van der Waals surface area contributed by atoms with Gasteiger partial charge in [0.05, 0.1) is 31.9 Å². The Morgan fingerprint density at radius 2 is 1.75 bits per heavy atom. The highest BCUT2D eigenvalue weighted by Crippen LogP contribution is 2.35. The fourth-order valence-electron chi connectivity index (χ4n) is 4.16. The van der Waals surface area contributed by atoms with Gasteiger partial charge in [0.2, 0.25) is 5.72 Å². The Hall–Kier alpha value is -1.47. The molecule has 2 heterocycles. The number of aromatic nitrogens is 2. The Balaban J connectivity index is 1.94. The largest absolute Gasteiger partial charge is 0.475 e. The van der Waals surface area contributed by atoms with Gasteiger partial charge in [-0.3, -0.25) is 9.28 Å². The Kier molecular flexibility index (Phi) is 11.1. The fourth-order valence-corrected chi connectivity index (χ4v) is 4.69. The second-order valence-corrected chi connectivity index (χ2v) is 10.2. The molecule has 0 spiro atoms. The zero-order chi connectivity index (χ0) is 23.5. The van der Waals surface area contributed by atoms with Crippen molar-refractivity contribution in [2.45, 2.75) is 104 Å². The molecule has 0 saturated heterocycles. The molecule has 2 rings (SSSR count). The minimum atomic E-state index is -0.607. The summed E-state index contributed by atoms with van der Waals surface area (Å²) in [4.78, 5) is 12.5. The van der Waals surface area contributed by atoms with Gasteiger partial charge in [-0.15, -0.1) is 4.37 Å². The van der Waals surface area contributed by atoms with E-state index in [0.717, 1.165) is 50.0 Å². The quantitative estimate of drug-likeness (QED) is 0.171. The minimum Gasteiger partial charge on any atom is -0.475 e. The highest BCUT2D eigenvalue weighted by Gasteiger charge is 2.45. The van der Waals surface area contributed by atoms with Gasteiger partial charge < -0.3 is 9.47 Å². The standard InChI is InChI=1S/C25H44N3O3S/c1-6-8-10-12-13-17-22(29)31-25(3,4)28(5)18-15-16-21(20-28)23-24(27-32-26-23)30-19-14-11-9-7-2/h16H,6-15,17-20H2,1-5H3/q+1. The van der Waals surface area contributed by atoms with Crippen molar-refractivity contribution in [2.75, 3.05) is 26.7 Å². The molecule has 7 heteroatoms. The Bertz CT molecular complexity index is 732. The molecule has 0 fully saturated rings. The molecule has 1 aromatic rings. The predicted octanol–water partition coefficient (Wildman–Crippen LogP) is 6.37. The average molecular weight is 467 g/mol. The predicted molar refractivity (Wildman–Crippen MR) is 132 cm³/mol. The Labute approximate surface area is 199 Å². The lowest BCUT2D eigenvalue weighted by Gasteiger charge is -2.47. The van der Waals surface area contributed by atoms with Gasteiger partial charge in [-0.2, -0.15) is 4.37 Å². The molecule has 1 unspecified atom stereocenters. The van der Waals surface area contributed by atoms with E-state index in [1.165, 1.54) is 50.3 Å². The van der Waals surface area contributed by atoms with Crippen LogP contribution in [0.2, 0.25) is 0 Å². The number of carbonyl (C=O) groups excluding carboxylic acids is 1. The first-order valence-electron chi connectivity index (χ1n) is 12.5. The minimum absolute atomic E-state index is 0.0895. The SMILES string of the molecule is CCCCCCCC(=O)OC(C)(C)[N+]1(C)CCC=C(c2nsnc2OCCCCCC)C1. The zero-order valence-electron chi connectivity index (χ0n) is 21.0. The van der Waals surface area contributed by atoms with Gasteiger partial charge >= 0.3 is 5.97 Å². The van der Waals surface area contributed by atoms with E-state index < -0.39 is 5.72 Å². The zero-order valence-corrected chi connectivity index (χ0v) is 21.8. The summed E-state index contributed by atoms with van der Waals surface area (Å²) in [5.74, 6) is 0.557. The number of unbranched alkanes of at least 4 members (excludes halogenated alkanes) is 7. The maximum atomic E-state index is 12.5. The number of quaternary nitrogens is 1. The first-order valence-corrected chi connectivity index (χ1v) is 13.3. The molecule has 1 atom stereocenters. The van der Waals surface area contributed by atoms with E-state index in [0.29, 0.717) is 23.4 Å². The van der Waals surface area contributed by atoms with Gasteiger partial charge in [-0.1, -0.05) is 64.9 Å². The van der Waals surface area contributed by atoms with Crippen LogP contribution in [-0.2, 0) is 9.53 Å². The number of ether oxygens (including phenoxy) is 2. The molecular weight excluding hydrogens is 422 g/mol. The van der Waals surface area contributed by atoms with Crippen LogP contribution in [0.1, 0.15) is 104 Å². The van der Waals surface area contributed by atoms with Crippen molar-refractivity contribution in [1.82, 2.24) is 8.75 Å². The molecule has 0 aromatic carbocycles. The molecule has 1 aliphatic rings. The maximum absolute atomic E-state index is 12.5. The molecule has 0 N–H and O–H groups in total. The Morgan fingerprint density at radius 3 is 2.47 bits per heavy atom. The number of hydrogen-bond donors (Lipinski definition) is 0. The second kappa shape index (κ2) is 13.3. The topological polar surface area (TPSA) is 61.3 Å². The number of carbonyl (C=O) groups is 1. The highest BCUT2D eigenvalue weighted by molar-refractivity contribution is 6.99. The van der Waals surface area contributed by atoms with Crippen LogP contribution in [0.3, 0.4) is 0 Å². The van der Waals surface area contributed by atoms with Crippen LogP contribution in [0.5, 0.6) is 5.88 Å². The van der Waals surface area contributed by atoms with Gasteiger partial charge in [0.15, 0.2) is 0 Å². The van der Waals surface area contributed by atoms with E-state index in [-0.39, 0.29) is 5.97 Å². The lowest BCUT2D eigenvalue weighted by Crippen LogP contribution is -2.62. The number of rotatable bonds is 15. The van der Waals surface area contributed by atoms with Crippen LogP contribution in [0.4, 0.5) is 0 Å². The van der Waals surface area contributed by atoms with Crippen LogP contribution < -0.4 is 4.74 Å². The summed E-state index contributed by atoms with van der Waals surface area (Å²) < 4.78 is 21.6. The smallest absolute Gasteiger partial charge is 0.310 e. The van der Waals surface area contributed by atoms with Crippen LogP contribution in [0, 0.1) is 0 Å². The van der Waals surface area contributed by atoms with E-state index in [9.17, 15) is 4.79 Å². The molecule has 0 aliphatic carbocycles. The monoisotopic (exact) mass is 466 g/mol. The first kappa shape index (κ1) is 26.8. The molecule has 0 radical (unpaired) electrons. The van der Waals surface area contributed by atoms with E-state index in [1.807, 2.05) is 13.8 Å².